The molecule has 0 aromatic heterocycles. The van der Waals surface area contributed by atoms with Crippen LogP contribution in [0.1, 0.15) is 38.7 Å². The minimum atomic E-state index is -3.48. The standard InChI is InChI=1S/C22H33N3O6S/c1-16(2)12-19(23-21(27)15-31-14-17-8-5-4-6-9-17)22(28)24-18-10-7-11-25(13-20(18)26)32(3,29)30/h4-6,8-9,16,18-19H,7,10-15H2,1-3H3,(H,23,27)(H,24,28)/t18?,19-/m0/s1. The first-order valence-corrected chi connectivity index (χ1v) is 12.6. The second kappa shape index (κ2) is 12.1. The van der Waals surface area contributed by atoms with Crippen LogP contribution in [0.3, 0.4) is 0 Å². The summed E-state index contributed by atoms with van der Waals surface area (Å²) in [5.41, 5.74) is 0.937. The molecule has 1 saturated heterocycles. The van der Waals surface area contributed by atoms with Gasteiger partial charge in [0.2, 0.25) is 21.8 Å². The predicted molar refractivity (Wildman–Crippen MR) is 120 cm³/mol. The Morgan fingerprint density at radius 2 is 1.91 bits per heavy atom. The number of amides is 2. The third-order valence-corrected chi connectivity index (χ3v) is 6.36. The Labute approximate surface area is 189 Å². The van der Waals surface area contributed by atoms with E-state index in [0.29, 0.717) is 19.3 Å². The van der Waals surface area contributed by atoms with Crippen LogP contribution in [-0.2, 0) is 35.8 Å². The third kappa shape index (κ3) is 8.68. The summed E-state index contributed by atoms with van der Waals surface area (Å²) in [7, 11) is -3.48. The van der Waals surface area contributed by atoms with Crippen LogP contribution in [0.4, 0.5) is 0 Å². The van der Waals surface area contributed by atoms with Crippen molar-refractivity contribution in [2.24, 2.45) is 5.92 Å². The largest absolute Gasteiger partial charge is 0.367 e. The Morgan fingerprint density at radius 3 is 2.53 bits per heavy atom. The van der Waals surface area contributed by atoms with Gasteiger partial charge in [0.25, 0.3) is 0 Å². The molecule has 32 heavy (non-hydrogen) atoms. The molecule has 1 heterocycles. The van der Waals surface area contributed by atoms with Gasteiger partial charge in [0, 0.05) is 6.54 Å². The van der Waals surface area contributed by atoms with Gasteiger partial charge in [0.15, 0.2) is 5.78 Å². The molecule has 2 atom stereocenters. The van der Waals surface area contributed by atoms with Gasteiger partial charge < -0.3 is 15.4 Å². The number of ether oxygens (including phenoxy) is 1. The summed E-state index contributed by atoms with van der Waals surface area (Å²) in [4.78, 5) is 37.7. The lowest BCUT2D eigenvalue weighted by atomic mass is 10.0. The summed E-state index contributed by atoms with van der Waals surface area (Å²) in [6.07, 6.45) is 2.26. The van der Waals surface area contributed by atoms with E-state index in [4.69, 9.17) is 4.74 Å². The highest BCUT2D eigenvalue weighted by molar-refractivity contribution is 7.88. The average molecular weight is 468 g/mol. The topological polar surface area (TPSA) is 122 Å². The van der Waals surface area contributed by atoms with Gasteiger partial charge in [0.1, 0.15) is 12.6 Å². The normalized spacial score (nSPS) is 18.8. The lowest BCUT2D eigenvalue weighted by molar-refractivity contribution is -0.133. The number of benzene rings is 1. The number of nitrogens with zero attached hydrogens (tertiary/aromatic N) is 1. The number of Topliss-reactive ketones (excluding diaryl/α,β-unsaturated/α-hetero) is 1. The zero-order valence-electron chi connectivity index (χ0n) is 18.9. The first kappa shape index (κ1) is 26.0. The van der Waals surface area contributed by atoms with Crippen molar-refractivity contribution in [3.05, 3.63) is 35.9 Å². The first-order valence-electron chi connectivity index (χ1n) is 10.8. The first-order chi connectivity index (χ1) is 15.1. The summed E-state index contributed by atoms with van der Waals surface area (Å²) < 4.78 is 30.1. The maximum absolute atomic E-state index is 12.9. The zero-order valence-corrected chi connectivity index (χ0v) is 19.7. The minimum absolute atomic E-state index is 0.127. The molecule has 1 fully saturated rings. The van der Waals surface area contributed by atoms with Crippen LogP contribution in [0.5, 0.6) is 0 Å². The molecule has 0 saturated carbocycles. The van der Waals surface area contributed by atoms with Crippen LogP contribution in [0, 0.1) is 5.92 Å². The number of hydrogen-bond acceptors (Lipinski definition) is 6. The van der Waals surface area contributed by atoms with Crippen molar-refractivity contribution in [2.45, 2.75) is 51.8 Å². The van der Waals surface area contributed by atoms with Crippen LogP contribution in [0.25, 0.3) is 0 Å². The molecule has 0 radical (unpaired) electrons. The molecule has 1 aliphatic rings. The van der Waals surface area contributed by atoms with E-state index < -0.39 is 33.9 Å². The summed E-state index contributed by atoms with van der Waals surface area (Å²) in [6.45, 7) is 3.92. The number of carbonyl (C=O) groups excluding carboxylic acids is 3. The highest BCUT2D eigenvalue weighted by Crippen LogP contribution is 2.13. The Kier molecular flexibility index (Phi) is 9.80. The maximum Gasteiger partial charge on any atom is 0.246 e. The number of sulfonamides is 1. The molecule has 2 N–H and O–H groups in total. The summed E-state index contributed by atoms with van der Waals surface area (Å²) in [5.74, 6) is -1.11. The van der Waals surface area contributed by atoms with Crippen molar-refractivity contribution in [3.8, 4) is 0 Å². The number of rotatable bonds is 10. The van der Waals surface area contributed by atoms with Crippen molar-refractivity contribution in [3.63, 3.8) is 0 Å². The number of nitrogens with one attached hydrogen (secondary N) is 2. The molecule has 0 aliphatic carbocycles. The van der Waals surface area contributed by atoms with E-state index in [0.717, 1.165) is 16.1 Å². The SMILES string of the molecule is CC(C)C[C@H](NC(=O)COCc1ccccc1)C(=O)NC1CCCN(S(C)(=O)=O)CC1=O. The lowest BCUT2D eigenvalue weighted by Crippen LogP contribution is -2.53. The van der Waals surface area contributed by atoms with Crippen LogP contribution in [-0.4, -0.2) is 68.4 Å². The molecule has 2 amide bonds. The van der Waals surface area contributed by atoms with Gasteiger partial charge in [0.05, 0.1) is 25.4 Å². The number of carbonyl (C=O) groups is 3. The predicted octanol–water partition coefficient (Wildman–Crippen LogP) is 0.843. The van der Waals surface area contributed by atoms with Crippen LogP contribution >= 0.6 is 0 Å². The zero-order chi connectivity index (χ0) is 23.7. The fourth-order valence-corrected chi connectivity index (χ4v) is 4.30. The third-order valence-electron chi connectivity index (χ3n) is 5.11. The molecule has 1 aromatic rings. The molecule has 178 valence electrons. The van der Waals surface area contributed by atoms with E-state index in [9.17, 15) is 22.8 Å². The molecule has 10 heteroatoms. The molecule has 0 spiro atoms. The quantitative estimate of drug-likeness (QED) is 0.526. The summed E-state index contributed by atoms with van der Waals surface area (Å²) in [6, 6.07) is 7.84. The average Bonchev–Trinajstić information content (AvgIpc) is 2.89. The van der Waals surface area contributed by atoms with Crippen molar-refractivity contribution in [2.75, 3.05) is 26.0 Å². The van der Waals surface area contributed by atoms with E-state index >= 15 is 0 Å². The Hall–Kier alpha value is -2.30. The molecule has 1 aliphatic heterocycles. The summed E-state index contributed by atoms with van der Waals surface area (Å²) in [5, 5.41) is 5.40. The molecule has 0 bridgehead atoms. The molecule has 1 unspecified atom stereocenters. The molecule has 9 nitrogen and oxygen atoms in total. The molecular weight excluding hydrogens is 434 g/mol. The van der Waals surface area contributed by atoms with Gasteiger partial charge in [-0.25, -0.2) is 8.42 Å². The van der Waals surface area contributed by atoms with Crippen LogP contribution in [0.2, 0.25) is 0 Å². The minimum Gasteiger partial charge on any atom is -0.367 e. The van der Waals surface area contributed by atoms with Gasteiger partial charge in [-0.1, -0.05) is 44.2 Å². The number of hydrogen-bond donors (Lipinski definition) is 2. The maximum atomic E-state index is 12.9. The number of ketones is 1. The monoisotopic (exact) mass is 467 g/mol. The van der Waals surface area contributed by atoms with Gasteiger partial charge >= 0.3 is 0 Å². The van der Waals surface area contributed by atoms with Gasteiger partial charge in [-0.05, 0) is 30.7 Å². The van der Waals surface area contributed by atoms with Gasteiger partial charge in [-0.2, -0.15) is 4.31 Å². The van der Waals surface area contributed by atoms with E-state index in [1.807, 2.05) is 44.2 Å². The van der Waals surface area contributed by atoms with Gasteiger partial charge in [-0.15, -0.1) is 0 Å². The second-order valence-corrected chi connectivity index (χ2v) is 10.5. The Morgan fingerprint density at radius 1 is 1.22 bits per heavy atom. The van der Waals surface area contributed by atoms with Crippen LogP contribution in [0.15, 0.2) is 30.3 Å². The molecule has 1 aromatic carbocycles. The van der Waals surface area contributed by atoms with E-state index in [2.05, 4.69) is 10.6 Å². The highest BCUT2D eigenvalue weighted by Gasteiger charge is 2.32. The highest BCUT2D eigenvalue weighted by atomic mass is 32.2. The smallest absolute Gasteiger partial charge is 0.246 e. The van der Waals surface area contributed by atoms with Crippen molar-refractivity contribution < 1.29 is 27.5 Å². The fourth-order valence-electron chi connectivity index (χ4n) is 3.48. The molecule has 2 rings (SSSR count). The Balaban J connectivity index is 1.92. The van der Waals surface area contributed by atoms with Crippen molar-refractivity contribution in [1.82, 2.24) is 14.9 Å². The van der Waals surface area contributed by atoms with Gasteiger partial charge in [-0.3, -0.25) is 14.4 Å². The van der Waals surface area contributed by atoms with E-state index in [1.54, 1.807) is 0 Å². The summed E-state index contributed by atoms with van der Waals surface area (Å²) >= 11 is 0. The van der Waals surface area contributed by atoms with Crippen molar-refractivity contribution >= 4 is 27.6 Å². The fraction of sp³-hybridized carbons (Fsp3) is 0.591. The molecular formula is C22H33N3O6S. The van der Waals surface area contributed by atoms with Crippen LogP contribution < -0.4 is 10.6 Å². The Bertz CT molecular complexity index is 888. The lowest BCUT2D eigenvalue weighted by Gasteiger charge is -2.23. The van der Waals surface area contributed by atoms with E-state index in [1.165, 1.54) is 0 Å². The second-order valence-electron chi connectivity index (χ2n) is 8.49. The van der Waals surface area contributed by atoms with Crippen molar-refractivity contribution in [1.29, 1.82) is 0 Å². The van der Waals surface area contributed by atoms with E-state index in [-0.39, 0.29) is 38.0 Å².